The van der Waals surface area contributed by atoms with Crippen molar-refractivity contribution in [2.75, 3.05) is 0 Å². The molecule has 0 amide bonds. The molecule has 0 saturated heterocycles. The predicted molar refractivity (Wildman–Crippen MR) is 55.3 cm³/mol. The molecular formula is C11H15NO2. The van der Waals surface area contributed by atoms with Crippen molar-refractivity contribution in [3.05, 3.63) is 30.2 Å². The van der Waals surface area contributed by atoms with Crippen LogP contribution in [0.1, 0.15) is 26.5 Å². The molecule has 3 nitrogen and oxygen atoms in total. The molecule has 0 fully saturated rings. The van der Waals surface area contributed by atoms with E-state index in [-0.39, 0.29) is 5.78 Å². The summed E-state index contributed by atoms with van der Waals surface area (Å²) in [6.07, 6.45) is 2.94. The minimum atomic E-state index is -0.406. The van der Waals surface area contributed by atoms with E-state index in [1.165, 1.54) is 12.3 Å². The molecule has 1 heterocycles. The minimum Gasteiger partial charge on any atom is -0.463 e. The van der Waals surface area contributed by atoms with Crippen molar-refractivity contribution in [1.82, 2.24) is 0 Å². The van der Waals surface area contributed by atoms with E-state index in [1.807, 2.05) is 20.8 Å². The molecule has 0 radical (unpaired) electrons. The third kappa shape index (κ3) is 2.49. The molecule has 14 heavy (non-hydrogen) atoms. The maximum absolute atomic E-state index is 11.6. The van der Waals surface area contributed by atoms with E-state index in [1.54, 1.807) is 12.1 Å². The Balaban J connectivity index is 2.85. The Hall–Kier alpha value is -1.51. The van der Waals surface area contributed by atoms with Gasteiger partial charge in [-0.2, -0.15) is 0 Å². The first-order valence-corrected chi connectivity index (χ1v) is 4.47. The normalized spacial score (nSPS) is 12.9. The summed E-state index contributed by atoms with van der Waals surface area (Å²) < 4.78 is 5.06. The van der Waals surface area contributed by atoms with E-state index in [2.05, 4.69) is 0 Å². The number of hydrogen-bond donors (Lipinski definition) is 1. The number of hydrogen-bond acceptors (Lipinski definition) is 3. The van der Waals surface area contributed by atoms with E-state index in [0.29, 0.717) is 11.5 Å². The van der Waals surface area contributed by atoms with Crippen LogP contribution in [0.15, 0.2) is 28.9 Å². The Morgan fingerprint density at radius 3 is 2.57 bits per heavy atom. The van der Waals surface area contributed by atoms with Crippen LogP contribution in [0.2, 0.25) is 0 Å². The number of furan rings is 1. The molecule has 0 aliphatic rings. The van der Waals surface area contributed by atoms with Gasteiger partial charge >= 0.3 is 0 Å². The molecule has 0 aliphatic carbocycles. The zero-order valence-electron chi connectivity index (χ0n) is 8.70. The van der Waals surface area contributed by atoms with Crippen LogP contribution in [0.5, 0.6) is 0 Å². The summed E-state index contributed by atoms with van der Waals surface area (Å²) in [5.74, 6) is 0.522. The second-order valence-electron chi connectivity index (χ2n) is 4.19. The first kappa shape index (κ1) is 10.6. The lowest BCUT2D eigenvalue weighted by molar-refractivity contribution is -0.121. The number of nitrogens with two attached hydrogens (primary N) is 1. The Morgan fingerprint density at radius 1 is 1.50 bits per heavy atom. The largest absolute Gasteiger partial charge is 0.463 e. The van der Waals surface area contributed by atoms with Crippen molar-refractivity contribution in [2.45, 2.75) is 20.8 Å². The van der Waals surface area contributed by atoms with Crippen LogP contribution < -0.4 is 5.73 Å². The van der Waals surface area contributed by atoms with Gasteiger partial charge in [0, 0.05) is 11.5 Å². The highest BCUT2D eigenvalue weighted by molar-refractivity contribution is 5.99. The highest BCUT2D eigenvalue weighted by atomic mass is 16.3. The van der Waals surface area contributed by atoms with Crippen molar-refractivity contribution in [2.24, 2.45) is 11.1 Å². The van der Waals surface area contributed by atoms with E-state index < -0.39 is 5.41 Å². The minimum absolute atomic E-state index is 0.00796. The Bertz CT molecular complexity index is 342. The highest BCUT2D eigenvalue weighted by Crippen LogP contribution is 2.18. The fraction of sp³-hybridized carbons (Fsp3) is 0.364. The maximum atomic E-state index is 11.6. The quantitative estimate of drug-likeness (QED) is 0.732. The summed E-state index contributed by atoms with van der Waals surface area (Å²) in [6.45, 7) is 5.55. The smallest absolute Gasteiger partial charge is 0.163 e. The molecule has 1 rings (SSSR count). The van der Waals surface area contributed by atoms with Gasteiger partial charge in [0.2, 0.25) is 0 Å². The lowest BCUT2D eigenvalue weighted by Gasteiger charge is -2.13. The van der Waals surface area contributed by atoms with Crippen molar-refractivity contribution in [3.8, 4) is 0 Å². The molecule has 3 heteroatoms. The lowest BCUT2D eigenvalue weighted by Crippen LogP contribution is -2.18. The van der Waals surface area contributed by atoms with Gasteiger partial charge in [-0.25, -0.2) is 0 Å². The van der Waals surface area contributed by atoms with Gasteiger partial charge in [0.1, 0.15) is 5.76 Å². The van der Waals surface area contributed by atoms with Gasteiger partial charge in [0.25, 0.3) is 0 Å². The van der Waals surface area contributed by atoms with E-state index >= 15 is 0 Å². The summed E-state index contributed by atoms with van der Waals surface area (Å²) in [7, 11) is 0. The van der Waals surface area contributed by atoms with E-state index in [0.717, 1.165) is 0 Å². The first-order chi connectivity index (χ1) is 6.41. The molecule has 0 unspecified atom stereocenters. The van der Waals surface area contributed by atoms with Gasteiger partial charge in [-0.05, 0) is 12.1 Å². The molecular weight excluding hydrogens is 178 g/mol. The maximum Gasteiger partial charge on any atom is 0.163 e. The third-order valence-electron chi connectivity index (χ3n) is 1.83. The molecule has 0 spiro atoms. The van der Waals surface area contributed by atoms with Crippen LogP contribution >= 0.6 is 0 Å². The van der Waals surface area contributed by atoms with Crippen LogP contribution in [0.4, 0.5) is 0 Å². The van der Waals surface area contributed by atoms with Crippen molar-refractivity contribution >= 4 is 11.5 Å². The van der Waals surface area contributed by atoms with Crippen molar-refractivity contribution in [3.63, 3.8) is 0 Å². The van der Waals surface area contributed by atoms with Gasteiger partial charge < -0.3 is 10.2 Å². The van der Waals surface area contributed by atoms with Crippen molar-refractivity contribution < 1.29 is 9.21 Å². The van der Waals surface area contributed by atoms with Gasteiger partial charge in [0.05, 0.1) is 12.0 Å². The second kappa shape index (κ2) is 3.70. The molecule has 0 atom stereocenters. The zero-order valence-corrected chi connectivity index (χ0v) is 8.70. The number of ketones is 1. The summed E-state index contributed by atoms with van der Waals surface area (Å²) >= 11 is 0. The van der Waals surface area contributed by atoms with Crippen LogP contribution in [-0.2, 0) is 4.79 Å². The summed E-state index contributed by atoms with van der Waals surface area (Å²) in [6, 6.07) is 3.46. The highest BCUT2D eigenvalue weighted by Gasteiger charge is 2.19. The third-order valence-corrected chi connectivity index (χ3v) is 1.83. The van der Waals surface area contributed by atoms with E-state index in [9.17, 15) is 4.79 Å². The summed E-state index contributed by atoms with van der Waals surface area (Å²) in [5.41, 5.74) is 5.65. The predicted octanol–water partition coefficient (Wildman–Crippen LogP) is 2.19. The van der Waals surface area contributed by atoms with Crippen LogP contribution in [-0.4, -0.2) is 5.78 Å². The molecule has 0 bridgehead atoms. The van der Waals surface area contributed by atoms with Crippen LogP contribution in [0.3, 0.4) is 0 Å². The average molecular weight is 193 g/mol. The Labute approximate surface area is 83.6 Å². The monoisotopic (exact) mass is 193 g/mol. The molecule has 0 aliphatic heterocycles. The van der Waals surface area contributed by atoms with Gasteiger partial charge in [0.15, 0.2) is 5.78 Å². The second-order valence-corrected chi connectivity index (χ2v) is 4.19. The summed E-state index contributed by atoms with van der Waals surface area (Å²) in [5, 5.41) is 0. The summed E-state index contributed by atoms with van der Waals surface area (Å²) in [4.78, 5) is 11.6. The van der Waals surface area contributed by atoms with Crippen LogP contribution in [0.25, 0.3) is 5.70 Å². The van der Waals surface area contributed by atoms with Crippen molar-refractivity contribution in [1.29, 1.82) is 0 Å². The number of rotatable bonds is 2. The molecule has 1 aromatic rings. The topological polar surface area (TPSA) is 56.2 Å². The number of allylic oxidation sites excluding steroid dienone is 1. The SMILES string of the molecule is CC(C)(C)C(=O)/C=C(\N)c1ccco1. The Morgan fingerprint density at radius 2 is 2.14 bits per heavy atom. The van der Waals surface area contributed by atoms with E-state index in [4.69, 9.17) is 10.2 Å². The standard InChI is InChI=1S/C11H15NO2/c1-11(2,3)10(13)7-8(12)9-5-4-6-14-9/h4-7H,12H2,1-3H3/b8-7-. The van der Waals surface area contributed by atoms with Gasteiger partial charge in [-0.1, -0.05) is 20.8 Å². The van der Waals surface area contributed by atoms with Gasteiger partial charge in [-0.15, -0.1) is 0 Å². The van der Waals surface area contributed by atoms with Gasteiger partial charge in [-0.3, -0.25) is 4.79 Å². The number of carbonyl (C=O) groups is 1. The molecule has 76 valence electrons. The number of carbonyl (C=O) groups excluding carboxylic acids is 1. The molecule has 0 saturated carbocycles. The van der Waals surface area contributed by atoms with Crippen LogP contribution in [0, 0.1) is 5.41 Å². The molecule has 1 aromatic heterocycles. The average Bonchev–Trinajstić information content (AvgIpc) is 2.53. The molecule has 0 aromatic carbocycles. The zero-order chi connectivity index (χ0) is 10.8. The molecule has 2 N–H and O–H groups in total. The fourth-order valence-corrected chi connectivity index (χ4v) is 0.872. The Kier molecular flexibility index (Phi) is 2.79. The first-order valence-electron chi connectivity index (χ1n) is 4.47. The fourth-order valence-electron chi connectivity index (χ4n) is 0.872. The lowest BCUT2D eigenvalue weighted by atomic mass is 9.90.